The molecule has 2 aromatic heterocycles. The van der Waals surface area contributed by atoms with Gasteiger partial charge in [0.1, 0.15) is 5.82 Å². The normalized spacial score (nSPS) is 16.6. The van der Waals surface area contributed by atoms with E-state index < -0.39 is 21.8 Å². The van der Waals surface area contributed by atoms with Crippen molar-refractivity contribution in [1.82, 2.24) is 24.7 Å². The molecule has 1 aliphatic rings. The van der Waals surface area contributed by atoms with Gasteiger partial charge in [0.05, 0.1) is 4.90 Å². The van der Waals surface area contributed by atoms with Gasteiger partial charge in [0.2, 0.25) is 0 Å². The summed E-state index contributed by atoms with van der Waals surface area (Å²) in [6, 6.07) is 9.95. The Bertz CT molecular complexity index is 1180. The van der Waals surface area contributed by atoms with Crippen LogP contribution in [0.25, 0.3) is 5.65 Å². The average molecular weight is 454 g/mol. The van der Waals surface area contributed by atoms with Gasteiger partial charge in [-0.05, 0) is 36.2 Å². The van der Waals surface area contributed by atoms with Crippen molar-refractivity contribution in [2.24, 2.45) is 0 Å². The van der Waals surface area contributed by atoms with Gasteiger partial charge in [-0.25, -0.2) is 8.42 Å². The third kappa shape index (κ3) is 4.79. The lowest BCUT2D eigenvalue weighted by molar-refractivity contribution is -0.146. The van der Waals surface area contributed by atoms with Gasteiger partial charge in [0.25, 0.3) is 5.82 Å². The largest absolute Gasteiger partial charge is 0.453 e. The summed E-state index contributed by atoms with van der Waals surface area (Å²) in [7, 11) is -3.23. The highest BCUT2D eigenvalue weighted by Gasteiger charge is 2.37. The standard InChI is InChI=1S/C19H21F3N6O2S/c1-31(29,30)15-5-3-14(4-6-15)13-26-9-2-10-27(12-11-26)17-8-7-16-23-24-18(19(20,21)22)28(16)25-17/h3-8H,2,9-13H2,1H3. The van der Waals surface area contributed by atoms with Crippen molar-refractivity contribution in [3.8, 4) is 0 Å². The third-order valence-corrected chi connectivity index (χ3v) is 6.30. The average Bonchev–Trinajstić information content (AvgIpc) is 3.00. The highest BCUT2D eigenvalue weighted by molar-refractivity contribution is 7.90. The molecule has 1 fully saturated rings. The number of nitrogens with zero attached hydrogens (tertiary/aromatic N) is 6. The topological polar surface area (TPSA) is 83.7 Å². The molecule has 4 rings (SSSR count). The summed E-state index contributed by atoms with van der Waals surface area (Å²) in [5, 5.41) is 10.9. The molecule has 0 amide bonds. The van der Waals surface area contributed by atoms with Crippen LogP contribution in [0.2, 0.25) is 0 Å². The Morgan fingerprint density at radius 1 is 0.968 bits per heavy atom. The minimum atomic E-state index is -4.63. The van der Waals surface area contributed by atoms with Crippen molar-refractivity contribution in [3.05, 3.63) is 47.8 Å². The molecule has 0 unspecified atom stereocenters. The molecular formula is C19H21F3N6O2S. The maximum Gasteiger partial charge on any atom is 0.453 e. The zero-order valence-corrected chi connectivity index (χ0v) is 17.6. The molecule has 8 nitrogen and oxygen atoms in total. The quantitative estimate of drug-likeness (QED) is 0.598. The number of sulfone groups is 1. The molecule has 0 saturated carbocycles. The fourth-order valence-corrected chi connectivity index (χ4v) is 4.21. The lowest BCUT2D eigenvalue weighted by Gasteiger charge is -2.23. The molecular weight excluding hydrogens is 433 g/mol. The highest BCUT2D eigenvalue weighted by Crippen LogP contribution is 2.28. The second-order valence-corrected chi connectivity index (χ2v) is 9.53. The fourth-order valence-electron chi connectivity index (χ4n) is 3.58. The van der Waals surface area contributed by atoms with Crippen molar-refractivity contribution in [1.29, 1.82) is 0 Å². The summed E-state index contributed by atoms with van der Waals surface area (Å²) in [5.41, 5.74) is 1.05. The van der Waals surface area contributed by atoms with E-state index in [1.807, 2.05) is 4.90 Å². The molecule has 1 saturated heterocycles. The first kappa shape index (κ1) is 21.5. The molecule has 0 radical (unpaired) electrons. The lowest BCUT2D eigenvalue weighted by atomic mass is 10.2. The predicted molar refractivity (Wildman–Crippen MR) is 107 cm³/mol. The Morgan fingerprint density at radius 3 is 2.39 bits per heavy atom. The number of alkyl halides is 3. The number of rotatable bonds is 4. The number of benzene rings is 1. The monoisotopic (exact) mass is 454 g/mol. The van der Waals surface area contributed by atoms with E-state index >= 15 is 0 Å². The van der Waals surface area contributed by atoms with E-state index in [9.17, 15) is 21.6 Å². The fraction of sp³-hybridized carbons (Fsp3) is 0.421. The number of halogens is 3. The van der Waals surface area contributed by atoms with Crippen LogP contribution in [0.1, 0.15) is 17.8 Å². The molecule has 12 heteroatoms. The zero-order valence-electron chi connectivity index (χ0n) is 16.7. The Morgan fingerprint density at radius 2 is 1.71 bits per heavy atom. The van der Waals surface area contributed by atoms with Crippen LogP contribution in [0.15, 0.2) is 41.3 Å². The van der Waals surface area contributed by atoms with Crippen LogP contribution in [-0.2, 0) is 22.6 Å². The molecule has 0 atom stereocenters. The number of fused-ring (bicyclic) bond motifs is 1. The van der Waals surface area contributed by atoms with Crippen molar-refractivity contribution >= 4 is 21.3 Å². The van der Waals surface area contributed by atoms with E-state index in [-0.39, 0.29) is 10.5 Å². The molecule has 166 valence electrons. The predicted octanol–water partition coefficient (Wildman–Crippen LogP) is 2.26. The summed E-state index contributed by atoms with van der Waals surface area (Å²) in [6.07, 6.45) is -2.64. The van der Waals surface area contributed by atoms with Crippen LogP contribution in [0.3, 0.4) is 0 Å². The molecule has 0 aliphatic carbocycles. The van der Waals surface area contributed by atoms with Gasteiger partial charge < -0.3 is 4.90 Å². The molecule has 0 spiro atoms. The summed E-state index contributed by atoms with van der Waals surface area (Å²) in [4.78, 5) is 4.47. The van der Waals surface area contributed by atoms with E-state index in [1.165, 1.54) is 12.3 Å². The van der Waals surface area contributed by atoms with E-state index in [4.69, 9.17) is 0 Å². The molecule has 3 heterocycles. The molecule has 0 bridgehead atoms. The van der Waals surface area contributed by atoms with Crippen LogP contribution in [0, 0.1) is 0 Å². The number of hydrogen-bond donors (Lipinski definition) is 0. The van der Waals surface area contributed by atoms with Gasteiger partial charge in [-0.1, -0.05) is 12.1 Å². The minimum absolute atomic E-state index is 0.0464. The minimum Gasteiger partial charge on any atom is -0.354 e. The Hall–Kier alpha value is -2.73. The van der Waals surface area contributed by atoms with Gasteiger partial charge in [0, 0.05) is 39.0 Å². The lowest BCUT2D eigenvalue weighted by Crippen LogP contribution is -2.31. The van der Waals surface area contributed by atoms with Crippen LogP contribution >= 0.6 is 0 Å². The molecule has 1 aliphatic heterocycles. The van der Waals surface area contributed by atoms with Gasteiger partial charge in [-0.3, -0.25) is 4.90 Å². The van der Waals surface area contributed by atoms with Crippen molar-refractivity contribution < 1.29 is 21.6 Å². The summed E-state index contributed by atoms with van der Waals surface area (Å²) >= 11 is 0. The van der Waals surface area contributed by atoms with Crippen molar-refractivity contribution in [2.45, 2.75) is 24.0 Å². The van der Waals surface area contributed by atoms with E-state index in [0.717, 1.165) is 23.0 Å². The second kappa shape index (κ2) is 8.08. The summed E-state index contributed by atoms with van der Waals surface area (Å²) < 4.78 is 63.3. The Kier molecular flexibility index (Phi) is 5.60. The summed E-state index contributed by atoms with van der Waals surface area (Å²) in [6.45, 7) is 3.43. The smallest absolute Gasteiger partial charge is 0.354 e. The molecule has 31 heavy (non-hydrogen) atoms. The first-order valence-corrected chi connectivity index (χ1v) is 11.6. The molecule has 1 aromatic carbocycles. The maximum atomic E-state index is 13.1. The SMILES string of the molecule is CS(=O)(=O)c1ccc(CN2CCCN(c3ccc4nnc(C(F)(F)F)n4n3)CC2)cc1. The first-order chi connectivity index (χ1) is 14.6. The zero-order chi connectivity index (χ0) is 22.2. The van der Waals surface area contributed by atoms with Crippen LogP contribution in [-0.4, -0.2) is 65.6 Å². The molecule has 3 aromatic rings. The second-order valence-electron chi connectivity index (χ2n) is 7.52. The van der Waals surface area contributed by atoms with Crippen molar-refractivity contribution in [3.63, 3.8) is 0 Å². The van der Waals surface area contributed by atoms with E-state index in [0.29, 0.717) is 32.0 Å². The van der Waals surface area contributed by atoms with Gasteiger partial charge in [0.15, 0.2) is 15.5 Å². The first-order valence-electron chi connectivity index (χ1n) is 9.67. The highest BCUT2D eigenvalue weighted by atomic mass is 32.2. The number of anilines is 1. The Labute approximate surface area is 177 Å². The maximum absolute atomic E-state index is 13.1. The van der Waals surface area contributed by atoms with E-state index in [1.54, 1.807) is 30.3 Å². The number of aromatic nitrogens is 4. The van der Waals surface area contributed by atoms with Crippen LogP contribution in [0.4, 0.5) is 19.0 Å². The van der Waals surface area contributed by atoms with Gasteiger partial charge in [-0.2, -0.15) is 17.7 Å². The van der Waals surface area contributed by atoms with Gasteiger partial charge in [-0.15, -0.1) is 15.3 Å². The van der Waals surface area contributed by atoms with Crippen LogP contribution in [0.5, 0.6) is 0 Å². The number of hydrogen-bond acceptors (Lipinski definition) is 7. The molecule has 0 N–H and O–H groups in total. The van der Waals surface area contributed by atoms with Gasteiger partial charge >= 0.3 is 6.18 Å². The Balaban J connectivity index is 1.45. The van der Waals surface area contributed by atoms with E-state index in [2.05, 4.69) is 20.2 Å². The van der Waals surface area contributed by atoms with Crippen molar-refractivity contribution in [2.75, 3.05) is 37.3 Å². The summed E-state index contributed by atoms with van der Waals surface area (Å²) in [5.74, 6) is -0.699. The van der Waals surface area contributed by atoms with Crippen LogP contribution < -0.4 is 4.90 Å². The third-order valence-electron chi connectivity index (χ3n) is 5.17.